The summed E-state index contributed by atoms with van der Waals surface area (Å²) < 4.78 is 0. The van der Waals surface area contributed by atoms with E-state index in [1.54, 1.807) is 12.4 Å². The molecule has 1 N–H and O–H groups in total. The van der Waals surface area contributed by atoms with E-state index in [0.717, 1.165) is 5.56 Å². The molecular weight excluding hydrogens is 222 g/mol. The molecule has 0 spiro atoms. The maximum absolute atomic E-state index is 10.6. The normalized spacial score (nSPS) is 14.2. The summed E-state index contributed by atoms with van der Waals surface area (Å²) in [5.41, 5.74) is 3.63. The molecule has 1 unspecified atom stereocenters. The fourth-order valence-electron chi connectivity index (χ4n) is 2.26. The van der Waals surface area contributed by atoms with Gasteiger partial charge in [0, 0.05) is 24.4 Å². The van der Waals surface area contributed by atoms with Gasteiger partial charge in [0.05, 0.1) is 5.60 Å². The number of aryl methyl sites for hydroxylation is 2. The van der Waals surface area contributed by atoms with Gasteiger partial charge in [0.2, 0.25) is 0 Å². The van der Waals surface area contributed by atoms with Crippen LogP contribution in [0.15, 0.2) is 42.7 Å². The summed E-state index contributed by atoms with van der Waals surface area (Å²) in [7, 11) is 0. The molecule has 18 heavy (non-hydrogen) atoms. The van der Waals surface area contributed by atoms with Gasteiger partial charge in [0.1, 0.15) is 0 Å². The second-order valence-electron chi connectivity index (χ2n) is 5.06. The van der Waals surface area contributed by atoms with Gasteiger partial charge in [-0.2, -0.15) is 0 Å². The highest BCUT2D eigenvalue weighted by Crippen LogP contribution is 2.27. The number of aliphatic hydroxyl groups is 1. The molecule has 0 aliphatic heterocycles. The quantitative estimate of drug-likeness (QED) is 0.895. The van der Waals surface area contributed by atoms with E-state index in [9.17, 15) is 5.11 Å². The molecule has 1 aromatic heterocycles. The number of benzene rings is 1. The Kier molecular flexibility index (Phi) is 3.48. The summed E-state index contributed by atoms with van der Waals surface area (Å²) in [6.07, 6.45) is 4.06. The lowest BCUT2D eigenvalue weighted by molar-refractivity contribution is 0.0569. The molecule has 0 aliphatic rings. The second kappa shape index (κ2) is 4.91. The number of hydrogen-bond acceptors (Lipinski definition) is 2. The number of pyridine rings is 1. The summed E-state index contributed by atoms with van der Waals surface area (Å²) in [5, 5.41) is 10.6. The van der Waals surface area contributed by atoms with E-state index in [0.29, 0.717) is 6.42 Å². The summed E-state index contributed by atoms with van der Waals surface area (Å²) in [4.78, 5) is 4.08. The number of aromatic nitrogens is 1. The molecule has 1 atom stereocenters. The van der Waals surface area contributed by atoms with Crippen molar-refractivity contribution in [3.05, 3.63) is 65.0 Å². The first-order chi connectivity index (χ1) is 8.50. The van der Waals surface area contributed by atoms with Crippen LogP contribution in [0.5, 0.6) is 0 Å². The van der Waals surface area contributed by atoms with Gasteiger partial charge < -0.3 is 5.11 Å². The molecule has 0 amide bonds. The van der Waals surface area contributed by atoms with Crippen molar-refractivity contribution in [2.45, 2.75) is 32.8 Å². The van der Waals surface area contributed by atoms with Crippen LogP contribution in [0.4, 0.5) is 0 Å². The Morgan fingerprint density at radius 1 is 1.11 bits per heavy atom. The maximum Gasteiger partial charge on any atom is 0.0923 e. The molecule has 2 heteroatoms. The molecule has 1 heterocycles. The molecule has 0 aliphatic carbocycles. The molecule has 0 bridgehead atoms. The highest BCUT2D eigenvalue weighted by Gasteiger charge is 2.25. The van der Waals surface area contributed by atoms with E-state index >= 15 is 0 Å². The van der Waals surface area contributed by atoms with Crippen LogP contribution in [0, 0.1) is 13.8 Å². The second-order valence-corrected chi connectivity index (χ2v) is 5.06. The lowest BCUT2D eigenvalue weighted by Gasteiger charge is -2.25. The monoisotopic (exact) mass is 241 g/mol. The van der Waals surface area contributed by atoms with Gasteiger partial charge >= 0.3 is 0 Å². The Hall–Kier alpha value is -1.67. The highest BCUT2D eigenvalue weighted by atomic mass is 16.3. The number of hydrogen-bond donors (Lipinski definition) is 1. The van der Waals surface area contributed by atoms with Crippen LogP contribution in [-0.2, 0) is 12.0 Å². The molecule has 94 valence electrons. The van der Waals surface area contributed by atoms with E-state index < -0.39 is 5.60 Å². The largest absolute Gasteiger partial charge is 0.385 e. The lowest BCUT2D eigenvalue weighted by Crippen LogP contribution is -2.25. The van der Waals surface area contributed by atoms with Crippen LogP contribution in [0.25, 0.3) is 0 Å². The smallest absolute Gasteiger partial charge is 0.0923 e. The van der Waals surface area contributed by atoms with Crippen LogP contribution in [0.3, 0.4) is 0 Å². The maximum atomic E-state index is 10.6. The van der Waals surface area contributed by atoms with Gasteiger partial charge in [0.25, 0.3) is 0 Å². The Balaban J connectivity index is 2.34. The molecule has 1 aromatic carbocycles. The molecular formula is C16H19NO. The molecule has 0 fully saturated rings. The van der Waals surface area contributed by atoms with Crippen molar-refractivity contribution in [2.75, 3.05) is 0 Å². The molecule has 0 radical (unpaired) electrons. The van der Waals surface area contributed by atoms with Crippen molar-refractivity contribution in [1.82, 2.24) is 4.98 Å². The van der Waals surface area contributed by atoms with Crippen LogP contribution in [0.1, 0.15) is 29.2 Å². The molecule has 0 saturated carbocycles. The molecule has 0 saturated heterocycles. The summed E-state index contributed by atoms with van der Waals surface area (Å²) in [6, 6.07) is 9.99. The van der Waals surface area contributed by atoms with Crippen molar-refractivity contribution in [3.63, 3.8) is 0 Å². The number of nitrogens with zero attached hydrogens (tertiary/aromatic N) is 1. The van der Waals surface area contributed by atoms with Gasteiger partial charge in [-0.05, 0) is 43.5 Å². The van der Waals surface area contributed by atoms with Crippen molar-refractivity contribution < 1.29 is 5.11 Å². The van der Waals surface area contributed by atoms with Gasteiger partial charge in [0.15, 0.2) is 0 Å². The van der Waals surface area contributed by atoms with E-state index in [-0.39, 0.29) is 0 Å². The van der Waals surface area contributed by atoms with Crippen molar-refractivity contribution in [3.8, 4) is 0 Å². The summed E-state index contributed by atoms with van der Waals surface area (Å²) in [5.74, 6) is 0. The minimum Gasteiger partial charge on any atom is -0.385 e. The average Bonchev–Trinajstić information content (AvgIpc) is 2.35. The molecule has 2 aromatic rings. The highest BCUT2D eigenvalue weighted by molar-refractivity contribution is 5.36. The standard InChI is InChI=1S/C16H19NO/c1-12-6-4-7-13(2)15(12)10-16(3,18)14-8-5-9-17-11-14/h4-9,11,18H,10H2,1-3H3. The topological polar surface area (TPSA) is 33.1 Å². The van der Waals surface area contributed by atoms with Crippen molar-refractivity contribution in [2.24, 2.45) is 0 Å². The predicted molar refractivity (Wildman–Crippen MR) is 73.4 cm³/mol. The lowest BCUT2D eigenvalue weighted by atomic mass is 9.86. The van der Waals surface area contributed by atoms with E-state index in [1.165, 1.54) is 16.7 Å². The van der Waals surface area contributed by atoms with Crippen LogP contribution < -0.4 is 0 Å². The third kappa shape index (κ3) is 2.59. The Bertz CT molecular complexity index is 512. The minimum absolute atomic E-state index is 0.608. The van der Waals surface area contributed by atoms with Crippen molar-refractivity contribution >= 4 is 0 Å². The molecule has 2 nitrogen and oxygen atoms in total. The van der Waals surface area contributed by atoms with Gasteiger partial charge in [-0.1, -0.05) is 24.3 Å². The van der Waals surface area contributed by atoms with E-state index in [1.807, 2.05) is 25.1 Å². The first kappa shape index (κ1) is 12.8. The fraction of sp³-hybridized carbons (Fsp3) is 0.312. The zero-order valence-electron chi connectivity index (χ0n) is 11.1. The van der Waals surface area contributed by atoms with Gasteiger partial charge in [-0.25, -0.2) is 0 Å². The van der Waals surface area contributed by atoms with E-state index in [2.05, 4.69) is 31.0 Å². The zero-order valence-corrected chi connectivity index (χ0v) is 11.1. The Morgan fingerprint density at radius 3 is 2.33 bits per heavy atom. The Labute approximate surface area is 108 Å². The third-order valence-electron chi connectivity index (χ3n) is 3.45. The Morgan fingerprint density at radius 2 is 1.78 bits per heavy atom. The number of rotatable bonds is 3. The van der Waals surface area contributed by atoms with E-state index in [4.69, 9.17) is 0 Å². The van der Waals surface area contributed by atoms with Crippen LogP contribution >= 0.6 is 0 Å². The fourth-order valence-corrected chi connectivity index (χ4v) is 2.26. The van der Waals surface area contributed by atoms with Crippen LogP contribution in [-0.4, -0.2) is 10.1 Å². The SMILES string of the molecule is Cc1cccc(C)c1CC(C)(O)c1cccnc1. The first-order valence-corrected chi connectivity index (χ1v) is 6.19. The molecule has 2 rings (SSSR count). The average molecular weight is 241 g/mol. The summed E-state index contributed by atoms with van der Waals surface area (Å²) in [6.45, 7) is 6.01. The predicted octanol–water partition coefficient (Wildman–Crippen LogP) is 3.15. The third-order valence-corrected chi connectivity index (χ3v) is 3.45. The van der Waals surface area contributed by atoms with Crippen LogP contribution in [0.2, 0.25) is 0 Å². The minimum atomic E-state index is -0.884. The summed E-state index contributed by atoms with van der Waals surface area (Å²) >= 11 is 0. The first-order valence-electron chi connectivity index (χ1n) is 6.19. The zero-order chi connectivity index (χ0) is 13.2. The van der Waals surface area contributed by atoms with Gasteiger partial charge in [-0.3, -0.25) is 4.98 Å². The van der Waals surface area contributed by atoms with Gasteiger partial charge in [-0.15, -0.1) is 0 Å². The van der Waals surface area contributed by atoms with Crippen molar-refractivity contribution in [1.29, 1.82) is 0 Å².